The molecule has 0 aromatic carbocycles. The smallest absolute Gasteiger partial charge is 0.309 e. The van der Waals surface area contributed by atoms with Crippen LogP contribution >= 0.6 is 0 Å². The van der Waals surface area contributed by atoms with Gasteiger partial charge in [-0.25, -0.2) is 0 Å². The van der Waals surface area contributed by atoms with E-state index in [1.54, 1.807) is 0 Å². The number of aliphatic hydroxyl groups is 1. The van der Waals surface area contributed by atoms with Crippen LogP contribution in [0.15, 0.2) is 0 Å². The maximum absolute atomic E-state index is 11.9. The molecule has 3 N–H and O–H groups in total. The average Bonchev–Trinajstić information content (AvgIpc) is 2.62. The van der Waals surface area contributed by atoms with Gasteiger partial charge in [-0.2, -0.15) is 0 Å². The third kappa shape index (κ3) is 1.77. The predicted octanol–water partition coefficient (Wildman–Crippen LogP) is 0.920. The highest BCUT2D eigenvalue weighted by Gasteiger charge is 2.54. The van der Waals surface area contributed by atoms with Gasteiger partial charge >= 0.3 is 5.97 Å². The van der Waals surface area contributed by atoms with Crippen LogP contribution in [0.2, 0.25) is 0 Å². The molecule has 0 bridgehead atoms. The molecule has 0 amide bonds. The number of hydrogen-bond donors (Lipinski definition) is 2. The Bertz CT molecular complexity index is 346. The second-order valence-electron chi connectivity index (χ2n) is 6.41. The van der Waals surface area contributed by atoms with Crippen molar-refractivity contribution in [3.63, 3.8) is 0 Å². The molecule has 0 aromatic heterocycles. The summed E-state index contributed by atoms with van der Waals surface area (Å²) in [6.07, 6.45) is 4.05. The Labute approximate surface area is 108 Å². The Kier molecular flexibility index (Phi) is 3.10. The molecular formula is C14H23NO3. The maximum atomic E-state index is 11.9. The fourth-order valence-electron chi connectivity index (χ4n) is 4.76. The first-order valence-corrected chi connectivity index (χ1v) is 7.18. The van der Waals surface area contributed by atoms with Crippen LogP contribution in [0, 0.1) is 29.6 Å². The average molecular weight is 253 g/mol. The molecule has 1 saturated heterocycles. The van der Waals surface area contributed by atoms with E-state index < -0.39 is 0 Å². The van der Waals surface area contributed by atoms with E-state index >= 15 is 0 Å². The summed E-state index contributed by atoms with van der Waals surface area (Å²) >= 11 is 0. The van der Waals surface area contributed by atoms with Gasteiger partial charge in [-0.15, -0.1) is 0 Å². The van der Waals surface area contributed by atoms with Crippen LogP contribution in [0.5, 0.6) is 0 Å². The number of esters is 1. The van der Waals surface area contributed by atoms with Gasteiger partial charge in [-0.3, -0.25) is 4.79 Å². The second kappa shape index (κ2) is 4.49. The standard InChI is InChI=1S/C14H23NO3/c1-7-13-11(14(17)18-7)5-8-4-9(15)2-3-10(8)12(13)6-16/h7-13,16H,2-6,15H2,1H3/t7-,8+,9-,10-,11-,12+,13-/m1/s1. The topological polar surface area (TPSA) is 72.5 Å². The summed E-state index contributed by atoms with van der Waals surface area (Å²) in [6.45, 7) is 2.15. The minimum atomic E-state index is -0.0523. The SMILES string of the molecule is C[C@H]1OC(=O)[C@@H]2C[C@@H]3C[C@H](N)CC[C@H]3[C@H](CO)[C@H]12. The minimum Gasteiger partial charge on any atom is -0.462 e. The normalized spacial score (nSPS) is 51.5. The largest absolute Gasteiger partial charge is 0.462 e. The molecule has 3 fully saturated rings. The zero-order chi connectivity index (χ0) is 12.9. The van der Waals surface area contributed by atoms with Crippen LogP contribution in [0.25, 0.3) is 0 Å². The Hall–Kier alpha value is -0.610. The van der Waals surface area contributed by atoms with Gasteiger partial charge in [0, 0.05) is 18.6 Å². The lowest BCUT2D eigenvalue weighted by Gasteiger charge is -2.47. The van der Waals surface area contributed by atoms with Gasteiger partial charge in [0.25, 0.3) is 0 Å². The summed E-state index contributed by atoms with van der Waals surface area (Å²) in [5, 5.41) is 9.75. The first-order chi connectivity index (χ1) is 8.61. The first-order valence-electron chi connectivity index (χ1n) is 7.18. The van der Waals surface area contributed by atoms with E-state index in [0.717, 1.165) is 25.7 Å². The number of cyclic esters (lactones) is 1. The van der Waals surface area contributed by atoms with Crippen molar-refractivity contribution in [3.8, 4) is 0 Å². The van der Waals surface area contributed by atoms with Crippen molar-refractivity contribution in [3.05, 3.63) is 0 Å². The predicted molar refractivity (Wildman–Crippen MR) is 66.5 cm³/mol. The Morgan fingerprint density at radius 3 is 2.89 bits per heavy atom. The van der Waals surface area contributed by atoms with Gasteiger partial charge in [0.05, 0.1) is 5.92 Å². The van der Waals surface area contributed by atoms with Crippen molar-refractivity contribution in [2.75, 3.05) is 6.61 Å². The number of hydrogen-bond acceptors (Lipinski definition) is 4. The van der Waals surface area contributed by atoms with Crippen LogP contribution in [-0.4, -0.2) is 29.8 Å². The molecule has 0 spiro atoms. The van der Waals surface area contributed by atoms with Crippen LogP contribution in [-0.2, 0) is 9.53 Å². The Morgan fingerprint density at radius 1 is 1.39 bits per heavy atom. The van der Waals surface area contributed by atoms with E-state index in [2.05, 4.69) is 0 Å². The molecule has 102 valence electrons. The molecule has 7 atom stereocenters. The Morgan fingerprint density at radius 2 is 2.17 bits per heavy atom. The van der Waals surface area contributed by atoms with Crippen LogP contribution < -0.4 is 5.73 Å². The highest BCUT2D eigenvalue weighted by molar-refractivity contribution is 5.75. The van der Waals surface area contributed by atoms with Crippen LogP contribution in [0.1, 0.15) is 32.6 Å². The van der Waals surface area contributed by atoms with E-state index in [-0.39, 0.29) is 42.5 Å². The molecule has 0 aromatic rings. The van der Waals surface area contributed by atoms with E-state index in [9.17, 15) is 9.90 Å². The summed E-state index contributed by atoms with van der Waals surface area (Å²) in [5.41, 5.74) is 6.05. The third-order valence-corrected chi connectivity index (χ3v) is 5.51. The highest BCUT2D eigenvalue weighted by Crippen LogP contribution is 2.52. The van der Waals surface area contributed by atoms with Crippen molar-refractivity contribution in [1.29, 1.82) is 0 Å². The molecule has 1 aliphatic heterocycles. The molecule has 4 nitrogen and oxygen atoms in total. The quantitative estimate of drug-likeness (QED) is 0.682. The molecule has 0 unspecified atom stereocenters. The molecule has 3 rings (SSSR count). The number of ether oxygens (including phenoxy) is 1. The van der Waals surface area contributed by atoms with Gasteiger partial charge in [0.1, 0.15) is 6.10 Å². The molecule has 18 heavy (non-hydrogen) atoms. The summed E-state index contributed by atoms with van der Waals surface area (Å²) < 4.78 is 5.39. The molecule has 2 saturated carbocycles. The first kappa shape index (κ1) is 12.4. The molecule has 0 radical (unpaired) electrons. The summed E-state index contributed by atoms with van der Waals surface area (Å²) in [7, 11) is 0. The number of carbonyl (C=O) groups excluding carboxylic acids is 1. The highest BCUT2D eigenvalue weighted by atomic mass is 16.6. The van der Waals surface area contributed by atoms with Crippen LogP contribution in [0.3, 0.4) is 0 Å². The second-order valence-corrected chi connectivity index (χ2v) is 6.41. The van der Waals surface area contributed by atoms with E-state index in [1.807, 2.05) is 6.92 Å². The zero-order valence-electron chi connectivity index (χ0n) is 10.9. The van der Waals surface area contributed by atoms with Crippen molar-refractivity contribution in [2.45, 2.75) is 44.8 Å². The minimum absolute atomic E-state index is 0.00343. The number of carbonyl (C=O) groups is 1. The zero-order valence-corrected chi connectivity index (χ0v) is 10.9. The number of fused-ring (bicyclic) bond motifs is 2. The molecule has 4 heteroatoms. The van der Waals surface area contributed by atoms with E-state index in [0.29, 0.717) is 11.8 Å². The van der Waals surface area contributed by atoms with Gasteiger partial charge < -0.3 is 15.6 Å². The van der Waals surface area contributed by atoms with Crippen LogP contribution in [0.4, 0.5) is 0 Å². The van der Waals surface area contributed by atoms with Crippen molar-refractivity contribution >= 4 is 5.97 Å². The number of nitrogens with two attached hydrogens (primary N) is 1. The number of aliphatic hydroxyl groups excluding tert-OH is 1. The summed E-state index contributed by atoms with van der Waals surface area (Å²) in [4.78, 5) is 11.9. The van der Waals surface area contributed by atoms with Crippen molar-refractivity contribution in [2.24, 2.45) is 35.3 Å². The molecule has 1 heterocycles. The van der Waals surface area contributed by atoms with Crippen molar-refractivity contribution < 1.29 is 14.6 Å². The maximum Gasteiger partial charge on any atom is 0.309 e. The van der Waals surface area contributed by atoms with Gasteiger partial charge in [-0.05, 0) is 50.4 Å². The summed E-state index contributed by atoms with van der Waals surface area (Å²) in [6, 6.07) is 0.275. The fraction of sp³-hybridized carbons (Fsp3) is 0.929. The summed E-state index contributed by atoms with van der Waals surface area (Å²) in [5.74, 6) is 1.44. The van der Waals surface area contributed by atoms with Gasteiger partial charge in [0.15, 0.2) is 0 Å². The monoisotopic (exact) mass is 253 g/mol. The Balaban J connectivity index is 1.86. The molecule has 2 aliphatic carbocycles. The van der Waals surface area contributed by atoms with E-state index in [1.165, 1.54) is 0 Å². The third-order valence-electron chi connectivity index (χ3n) is 5.51. The van der Waals surface area contributed by atoms with E-state index in [4.69, 9.17) is 10.5 Å². The van der Waals surface area contributed by atoms with Crippen molar-refractivity contribution in [1.82, 2.24) is 0 Å². The number of rotatable bonds is 1. The molecular weight excluding hydrogens is 230 g/mol. The molecule has 3 aliphatic rings. The lowest BCUT2D eigenvalue weighted by atomic mass is 9.57. The lowest BCUT2D eigenvalue weighted by molar-refractivity contribution is -0.144. The van der Waals surface area contributed by atoms with Gasteiger partial charge in [0.2, 0.25) is 0 Å². The fourth-order valence-corrected chi connectivity index (χ4v) is 4.76. The lowest BCUT2D eigenvalue weighted by Crippen LogP contribution is -2.48. The van der Waals surface area contributed by atoms with Gasteiger partial charge in [-0.1, -0.05) is 0 Å².